The van der Waals surface area contributed by atoms with Crippen molar-refractivity contribution in [2.45, 2.75) is 63.3 Å². The zero-order valence-electron chi connectivity index (χ0n) is 37.7. The van der Waals surface area contributed by atoms with E-state index < -0.39 is 47.5 Å². The number of hydrogen-bond donors (Lipinski definition) is 4. The number of rotatable bonds is 6. The van der Waals surface area contributed by atoms with E-state index in [9.17, 15) is 46.1 Å². The lowest BCUT2D eigenvalue weighted by atomic mass is 9.94. The van der Waals surface area contributed by atoms with Gasteiger partial charge in [0.25, 0.3) is 11.8 Å². The number of anilines is 4. The maximum absolute atomic E-state index is 13.0. The molecule has 0 spiro atoms. The summed E-state index contributed by atoms with van der Waals surface area (Å²) in [5.41, 5.74) is 5.92. The van der Waals surface area contributed by atoms with Gasteiger partial charge in [0.2, 0.25) is 0 Å². The van der Waals surface area contributed by atoms with Gasteiger partial charge in [0.05, 0.1) is 96.2 Å². The second-order valence-corrected chi connectivity index (χ2v) is 17.4. The molecule has 4 atom stereocenters. The number of pyridine rings is 4. The molecular weight excluding hydrogens is 923 g/mol. The highest BCUT2D eigenvalue weighted by atomic mass is 19.4. The number of carbonyl (C=O) groups excluding carboxylic acids is 2. The van der Waals surface area contributed by atoms with Crippen LogP contribution in [0.5, 0.6) is 0 Å². The molecule has 4 N–H and O–H groups in total. The summed E-state index contributed by atoms with van der Waals surface area (Å²) in [7, 11) is 0. The first-order chi connectivity index (χ1) is 33.4. The molecule has 20 heteroatoms. The van der Waals surface area contributed by atoms with Crippen molar-refractivity contribution in [3.63, 3.8) is 0 Å². The third-order valence-corrected chi connectivity index (χ3v) is 12.7. The van der Waals surface area contributed by atoms with Gasteiger partial charge in [0.15, 0.2) is 0 Å². The van der Waals surface area contributed by atoms with Gasteiger partial charge < -0.3 is 40.1 Å². The normalized spacial score (nSPS) is 19.6. The van der Waals surface area contributed by atoms with Crippen LogP contribution in [0.15, 0.2) is 97.6 Å². The molecule has 2 aromatic carbocycles. The van der Waals surface area contributed by atoms with Crippen molar-refractivity contribution in [3.05, 3.63) is 143 Å². The summed E-state index contributed by atoms with van der Waals surface area (Å²) in [5, 5.41) is 26.4. The Morgan fingerprint density at radius 1 is 0.600 bits per heavy atom. The number of morpholine rings is 2. The number of aromatic nitrogens is 4. The van der Waals surface area contributed by atoms with Crippen molar-refractivity contribution in [2.75, 3.05) is 60.0 Å². The van der Waals surface area contributed by atoms with Gasteiger partial charge in [-0.1, -0.05) is 12.1 Å². The van der Waals surface area contributed by atoms with Gasteiger partial charge in [-0.25, -0.2) is 0 Å². The van der Waals surface area contributed by atoms with E-state index in [1.165, 1.54) is 36.7 Å². The number of alkyl halides is 6. The van der Waals surface area contributed by atoms with Crippen molar-refractivity contribution < 1.29 is 55.6 Å². The molecule has 70 heavy (non-hydrogen) atoms. The molecule has 0 saturated carbocycles. The van der Waals surface area contributed by atoms with E-state index in [0.717, 1.165) is 46.8 Å². The molecule has 364 valence electrons. The molecule has 0 aliphatic carbocycles. The number of aliphatic hydroxyl groups excluding tert-OH is 2. The summed E-state index contributed by atoms with van der Waals surface area (Å²) >= 11 is 0. The maximum atomic E-state index is 13.0. The van der Waals surface area contributed by atoms with Crippen molar-refractivity contribution in [1.82, 2.24) is 19.9 Å². The summed E-state index contributed by atoms with van der Waals surface area (Å²) in [6, 6.07) is 16.0. The lowest BCUT2D eigenvalue weighted by Gasteiger charge is -2.43. The fourth-order valence-electron chi connectivity index (χ4n) is 9.14. The van der Waals surface area contributed by atoms with Crippen molar-refractivity contribution in [1.29, 1.82) is 0 Å². The molecule has 14 nitrogen and oxygen atoms in total. The van der Waals surface area contributed by atoms with Gasteiger partial charge in [0.1, 0.15) is 12.2 Å². The zero-order chi connectivity index (χ0) is 49.5. The monoisotopic (exact) mass is 968 g/mol. The minimum atomic E-state index is -4.54. The number of ether oxygens (including phenoxy) is 2. The summed E-state index contributed by atoms with van der Waals surface area (Å²) in [4.78, 5) is 47.5. The number of amides is 2. The van der Waals surface area contributed by atoms with Gasteiger partial charge in [-0.15, -0.1) is 0 Å². The van der Waals surface area contributed by atoms with E-state index in [2.05, 4.69) is 40.4 Å². The third-order valence-electron chi connectivity index (χ3n) is 12.7. The summed E-state index contributed by atoms with van der Waals surface area (Å²) in [6.07, 6.45) is -3.11. The van der Waals surface area contributed by atoms with E-state index in [1.807, 2.05) is 26.0 Å². The van der Waals surface area contributed by atoms with Gasteiger partial charge in [0, 0.05) is 83.1 Å². The summed E-state index contributed by atoms with van der Waals surface area (Å²) in [6.45, 7) is 7.29. The number of halogens is 6. The minimum absolute atomic E-state index is 0.0700. The molecule has 10 rings (SSSR count). The quantitative estimate of drug-likeness (QED) is 0.117. The second kappa shape index (κ2) is 19.4. The Morgan fingerprint density at radius 2 is 1.01 bits per heavy atom. The molecule has 4 aromatic heterocycles. The lowest BCUT2D eigenvalue weighted by molar-refractivity contribution is -0.138. The average Bonchev–Trinajstić information content (AvgIpc) is 3.35. The summed E-state index contributed by atoms with van der Waals surface area (Å²) < 4.78 is 89.2. The molecular formula is C50H46F6N8O6. The highest BCUT2D eigenvalue weighted by Crippen LogP contribution is 2.42. The Bertz CT molecular complexity index is 2760. The van der Waals surface area contributed by atoms with Crippen LogP contribution in [0.4, 0.5) is 49.1 Å². The smallest absolute Gasteiger partial charge is 0.387 e. The van der Waals surface area contributed by atoms with Crippen LogP contribution in [0, 0.1) is 13.8 Å². The van der Waals surface area contributed by atoms with Crippen LogP contribution < -0.4 is 20.4 Å². The Labute approximate surface area is 397 Å². The lowest BCUT2D eigenvalue weighted by Crippen LogP contribution is -2.49. The van der Waals surface area contributed by atoms with Crippen LogP contribution in [-0.2, 0) is 21.8 Å². The van der Waals surface area contributed by atoms with Crippen LogP contribution >= 0.6 is 0 Å². The van der Waals surface area contributed by atoms with E-state index in [0.29, 0.717) is 97.6 Å². The Hall–Kier alpha value is -7.00. The topological polar surface area (TPSA) is 175 Å². The number of nitrogens with zero attached hydrogens (tertiary/aromatic N) is 6. The van der Waals surface area contributed by atoms with Gasteiger partial charge >= 0.3 is 12.4 Å². The number of fused-ring (bicyclic) bond motifs is 6. The zero-order valence-corrected chi connectivity index (χ0v) is 37.7. The second-order valence-electron chi connectivity index (χ2n) is 17.4. The van der Waals surface area contributed by atoms with Crippen LogP contribution in [0.3, 0.4) is 0 Å². The number of benzene rings is 2. The first-order valence-electron chi connectivity index (χ1n) is 22.4. The molecule has 2 fully saturated rings. The van der Waals surface area contributed by atoms with E-state index in [1.54, 1.807) is 24.5 Å². The van der Waals surface area contributed by atoms with Crippen LogP contribution in [0.25, 0.3) is 22.3 Å². The molecule has 2 unspecified atom stereocenters. The highest BCUT2D eigenvalue weighted by molar-refractivity contribution is 6.05. The third kappa shape index (κ3) is 10.2. The average molecular weight is 969 g/mol. The van der Waals surface area contributed by atoms with Crippen molar-refractivity contribution in [2.24, 2.45) is 0 Å². The first kappa shape index (κ1) is 48.0. The van der Waals surface area contributed by atoms with E-state index >= 15 is 0 Å². The fraction of sp³-hybridized carbons (Fsp3) is 0.320. The molecule has 4 aliphatic rings. The Morgan fingerprint density at radius 3 is 1.41 bits per heavy atom. The maximum Gasteiger partial charge on any atom is 0.416 e. The summed E-state index contributed by atoms with van der Waals surface area (Å²) in [5.74, 6) is -1.34. The fourth-order valence-corrected chi connectivity index (χ4v) is 9.14. The predicted molar refractivity (Wildman–Crippen MR) is 246 cm³/mol. The van der Waals surface area contributed by atoms with Crippen LogP contribution in [0.1, 0.15) is 79.7 Å². The van der Waals surface area contributed by atoms with Crippen molar-refractivity contribution >= 4 is 34.6 Å². The molecule has 2 amide bonds. The molecule has 2 saturated heterocycles. The predicted octanol–water partition coefficient (Wildman–Crippen LogP) is 8.73. The van der Waals surface area contributed by atoms with Gasteiger partial charge in [-0.05, 0) is 74.5 Å². The molecule has 0 radical (unpaired) electrons. The SMILES string of the molecule is Cc1ncc(NC(=O)c2cccc(C(F)(F)F)c2)cc1-c1cnc2c(c1)N1CCOCC1CC2O.Cc1ncc(NC(=O)c2cccc(C(F)(F)F)c2)cc1-c1cnc2c(c1)N1CCOC[C@H]1C[C@H]2O. The first-order valence-corrected chi connectivity index (χ1v) is 22.4. The van der Waals surface area contributed by atoms with E-state index in [-0.39, 0.29) is 23.2 Å². The van der Waals surface area contributed by atoms with Crippen LogP contribution in [-0.4, -0.2) is 93.6 Å². The number of carbonyl (C=O) groups is 2. The Balaban J connectivity index is 0.000000174. The van der Waals surface area contributed by atoms with E-state index in [4.69, 9.17) is 9.47 Å². The Kier molecular flexibility index (Phi) is 13.3. The van der Waals surface area contributed by atoms with Gasteiger partial charge in [-0.2, -0.15) is 26.3 Å². The van der Waals surface area contributed by atoms with Crippen LogP contribution in [0.2, 0.25) is 0 Å². The molecule has 0 bridgehead atoms. The number of nitrogens with one attached hydrogen (secondary N) is 2. The number of hydrogen-bond acceptors (Lipinski definition) is 12. The van der Waals surface area contributed by atoms with Gasteiger partial charge in [-0.3, -0.25) is 29.5 Å². The number of aliphatic hydroxyl groups is 2. The standard InChI is InChI=1S/2C25H23F3N4O3/c2*1-14-20(16-8-21-23(30-11-16)22(33)10-19-13-35-6-5-32(19)21)9-18(12-29-14)31-24(34)15-3-2-4-17(7-15)25(26,27)28/h2*2-4,7-9,11-12,19,22,33H,5-6,10,13H2,1H3,(H,31,34)/t19-,22-;/m1./s1. The molecule has 4 aliphatic heterocycles. The molecule has 8 heterocycles. The highest BCUT2D eigenvalue weighted by Gasteiger charge is 2.37. The largest absolute Gasteiger partial charge is 0.416 e. The molecule has 6 aromatic rings. The minimum Gasteiger partial charge on any atom is -0.387 e. The number of aryl methyl sites for hydroxylation is 2. The van der Waals surface area contributed by atoms with Crippen molar-refractivity contribution in [3.8, 4) is 22.3 Å².